The lowest BCUT2D eigenvalue weighted by Crippen LogP contribution is -2.50. The summed E-state index contributed by atoms with van der Waals surface area (Å²) in [5, 5.41) is 3.94. The van der Waals surface area contributed by atoms with Crippen LogP contribution in [0.3, 0.4) is 0 Å². The van der Waals surface area contributed by atoms with E-state index in [1.54, 1.807) is 13.2 Å². The highest BCUT2D eigenvalue weighted by Gasteiger charge is 2.40. The van der Waals surface area contributed by atoms with E-state index in [2.05, 4.69) is 5.32 Å². The van der Waals surface area contributed by atoms with Crippen LogP contribution >= 0.6 is 11.6 Å². The fraction of sp³-hybridized carbons (Fsp3) is 0.600. The molecule has 2 rings (SSSR count). The quantitative estimate of drug-likeness (QED) is 0.893. The van der Waals surface area contributed by atoms with Crippen molar-refractivity contribution >= 4 is 11.6 Å². The first-order valence-corrected chi connectivity index (χ1v) is 7.15. The molecule has 1 aliphatic rings. The molecule has 1 N–H and O–H groups in total. The van der Waals surface area contributed by atoms with Crippen molar-refractivity contribution in [1.82, 2.24) is 5.32 Å². The first-order valence-electron chi connectivity index (χ1n) is 6.77. The molecular weight excluding hydrogens is 265 g/mol. The number of halogens is 2. The summed E-state index contributed by atoms with van der Waals surface area (Å²) >= 11 is 6.16. The fourth-order valence-electron chi connectivity index (χ4n) is 3.14. The van der Waals surface area contributed by atoms with E-state index in [1.165, 1.54) is 25.0 Å². The lowest BCUT2D eigenvalue weighted by Gasteiger charge is -2.36. The molecule has 1 atom stereocenters. The van der Waals surface area contributed by atoms with Gasteiger partial charge in [0.25, 0.3) is 0 Å². The zero-order valence-electron chi connectivity index (χ0n) is 11.5. The fourth-order valence-corrected chi connectivity index (χ4v) is 3.33. The largest absolute Gasteiger partial charge is 0.377 e. The first-order chi connectivity index (χ1) is 9.11. The number of benzene rings is 1. The van der Waals surface area contributed by atoms with Crippen LogP contribution < -0.4 is 5.32 Å². The molecule has 0 bridgehead atoms. The summed E-state index contributed by atoms with van der Waals surface area (Å²) in [6, 6.07) is 4.68. The van der Waals surface area contributed by atoms with Crippen molar-refractivity contribution in [2.24, 2.45) is 0 Å². The van der Waals surface area contributed by atoms with Gasteiger partial charge in [-0.25, -0.2) is 4.39 Å². The Balaban J connectivity index is 2.21. The van der Waals surface area contributed by atoms with Gasteiger partial charge < -0.3 is 10.1 Å². The number of ether oxygens (including phenoxy) is 1. The van der Waals surface area contributed by atoms with Gasteiger partial charge in [0.05, 0.1) is 5.60 Å². The van der Waals surface area contributed by atoms with Crippen LogP contribution in [0.5, 0.6) is 0 Å². The van der Waals surface area contributed by atoms with Gasteiger partial charge in [0.2, 0.25) is 0 Å². The second-order valence-electron chi connectivity index (χ2n) is 5.26. The Morgan fingerprint density at radius 3 is 2.68 bits per heavy atom. The zero-order valence-corrected chi connectivity index (χ0v) is 12.3. The van der Waals surface area contributed by atoms with E-state index in [1.807, 2.05) is 7.05 Å². The molecule has 1 fully saturated rings. The summed E-state index contributed by atoms with van der Waals surface area (Å²) in [5.41, 5.74) is 0.689. The SMILES string of the molecule is CNC(Cc1cc(F)ccc1Cl)C1(OC)CCCC1. The van der Waals surface area contributed by atoms with Gasteiger partial charge in [0.15, 0.2) is 0 Å². The minimum absolute atomic E-state index is 0.148. The normalized spacial score (nSPS) is 19.6. The van der Waals surface area contributed by atoms with Crippen LogP contribution in [0.25, 0.3) is 0 Å². The van der Waals surface area contributed by atoms with Crippen molar-refractivity contribution in [2.75, 3.05) is 14.2 Å². The molecule has 0 spiro atoms. The molecule has 0 saturated heterocycles. The minimum Gasteiger partial charge on any atom is -0.377 e. The predicted molar refractivity (Wildman–Crippen MR) is 76.2 cm³/mol. The number of hydrogen-bond acceptors (Lipinski definition) is 2. The van der Waals surface area contributed by atoms with E-state index in [0.717, 1.165) is 18.4 Å². The Morgan fingerprint density at radius 1 is 1.42 bits per heavy atom. The molecule has 0 radical (unpaired) electrons. The van der Waals surface area contributed by atoms with Crippen LogP contribution in [0.15, 0.2) is 18.2 Å². The van der Waals surface area contributed by atoms with Crippen molar-refractivity contribution in [3.05, 3.63) is 34.6 Å². The third-order valence-corrected chi connectivity index (χ3v) is 4.64. The molecule has 106 valence electrons. The maximum Gasteiger partial charge on any atom is 0.123 e. The first kappa shape index (κ1) is 14.8. The standard InChI is InChI=1S/C15H21ClFNO/c1-18-14(15(19-2)7-3-4-8-15)10-11-9-12(17)5-6-13(11)16/h5-6,9,14,18H,3-4,7-8,10H2,1-2H3. The lowest BCUT2D eigenvalue weighted by atomic mass is 9.87. The van der Waals surface area contributed by atoms with Crippen LogP contribution in [0, 0.1) is 5.82 Å². The maximum absolute atomic E-state index is 13.3. The van der Waals surface area contributed by atoms with Crippen LogP contribution in [-0.2, 0) is 11.2 Å². The second-order valence-corrected chi connectivity index (χ2v) is 5.66. The maximum atomic E-state index is 13.3. The predicted octanol–water partition coefficient (Wildman–Crippen LogP) is 3.57. The molecule has 4 heteroatoms. The van der Waals surface area contributed by atoms with E-state index < -0.39 is 0 Å². The summed E-state index contributed by atoms with van der Waals surface area (Å²) in [5.74, 6) is -0.243. The molecule has 0 amide bonds. The number of rotatable bonds is 5. The summed E-state index contributed by atoms with van der Waals surface area (Å²) in [6.45, 7) is 0. The van der Waals surface area contributed by atoms with Crippen LogP contribution in [-0.4, -0.2) is 25.8 Å². The van der Waals surface area contributed by atoms with E-state index in [0.29, 0.717) is 11.4 Å². The highest BCUT2D eigenvalue weighted by atomic mass is 35.5. The number of likely N-dealkylation sites (N-methyl/N-ethyl adjacent to an activating group) is 1. The van der Waals surface area contributed by atoms with Crippen molar-refractivity contribution < 1.29 is 9.13 Å². The highest BCUT2D eigenvalue weighted by Crippen LogP contribution is 2.37. The van der Waals surface area contributed by atoms with Crippen molar-refractivity contribution in [3.8, 4) is 0 Å². The van der Waals surface area contributed by atoms with Gasteiger partial charge in [-0.05, 0) is 50.1 Å². The van der Waals surface area contributed by atoms with Gasteiger partial charge in [-0.3, -0.25) is 0 Å². The van der Waals surface area contributed by atoms with E-state index in [-0.39, 0.29) is 17.5 Å². The summed E-state index contributed by atoms with van der Waals surface area (Å²) in [4.78, 5) is 0. The van der Waals surface area contributed by atoms with E-state index in [4.69, 9.17) is 16.3 Å². The average molecular weight is 286 g/mol. The molecule has 0 aliphatic heterocycles. The van der Waals surface area contributed by atoms with Gasteiger partial charge in [0.1, 0.15) is 5.82 Å². The number of methoxy groups -OCH3 is 1. The van der Waals surface area contributed by atoms with Gasteiger partial charge >= 0.3 is 0 Å². The van der Waals surface area contributed by atoms with E-state index in [9.17, 15) is 4.39 Å². The monoisotopic (exact) mass is 285 g/mol. The molecule has 1 aromatic carbocycles. The lowest BCUT2D eigenvalue weighted by molar-refractivity contribution is -0.0336. The average Bonchev–Trinajstić information content (AvgIpc) is 2.89. The van der Waals surface area contributed by atoms with Gasteiger partial charge in [-0.2, -0.15) is 0 Å². The Morgan fingerprint density at radius 2 is 2.11 bits per heavy atom. The molecule has 1 saturated carbocycles. The van der Waals surface area contributed by atoms with Crippen molar-refractivity contribution in [1.29, 1.82) is 0 Å². The molecule has 1 unspecified atom stereocenters. The van der Waals surface area contributed by atoms with Crippen molar-refractivity contribution in [3.63, 3.8) is 0 Å². The van der Waals surface area contributed by atoms with Crippen LogP contribution in [0.1, 0.15) is 31.2 Å². The Kier molecular flexibility index (Phi) is 4.82. The topological polar surface area (TPSA) is 21.3 Å². The van der Waals surface area contributed by atoms with Gasteiger partial charge in [-0.15, -0.1) is 0 Å². The van der Waals surface area contributed by atoms with Gasteiger partial charge in [-0.1, -0.05) is 24.4 Å². The van der Waals surface area contributed by atoms with Gasteiger partial charge in [0, 0.05) is 18.2 Å². The Bertz CT molecular complexity index is 432. The Labute approximate surface area is 119 Å². The second kappa shape index (κ2) is 6.21. The minimum atomic E-state index is -0.243. The summed E-state index contributed by atoms with van der Waals surface area (Å²) in [6.07, 6.45) is 5.14. The molecule has 1 aliphatic carbocycles. The number of hydrogen-bond donors (Lipinski definition) is 1. The highest BCUT2D eigenvalue weighted by molar-refractivity contribution is 6.31. The molecular formula is C15H21ClFNO. The van der Waals surface area contributed by atoms with Crippen LogP contribution in [0.4, 0.5) is 4.39 Å². The number of nitrogens with one attached hydrogen (secondary N) is 1. The van der Waals surface area contributed by atoms with Crippen LogP contribution in [0.2, 0.25) is 5.02 Å². The molecule has 0 aromatic heterocycles. The molecule has 0 heterocycles. The molecule has 2 nitrogen and oxygen atoms in total. The van der Waals surface area contributed by atoms with Crippen molar-refractivity contribution in [2.45, 2.75) is 43.7 Å². The summed E-state index contributed by atoms with van der Waals surface area (Å²) in [7, 11) is 3.69. The smallest absolute Gasteiger partial charge is 0.123 e. The summed E-state index contributed by atoms with van der Waals surface area (Å²) < 4.78 is 19.1. The third-order valence-electron chi connectivity index (χ3n) is 4.27. The zero-order chi connectivity index (χ0) is 13.9. The van der Waals surface area contributed by atoms with E-state index >= 15 is 0 Å². The molecule has 19 heavy (non-hydrogen) atoms. The molecule has 1 aromatic rings. The third kappa shape index (κ3) is 3.10. The Hall–Kier alpha value is -0.640.